The zero-order valence-electron chi connectivity index (χ0n) is 14.6. The molecule has 0 aromatic carbocycles. The van der Waals surface area contributed by atoms with E-state index >= 15 is 0 Å². The average Bonchev–Trinajstić information content (AvgIpc) is 3.19. The van der Waals surface area contributed by atoms with Crippen LogP contribution in [0.1, 0.15) is 19.8 Å². The largest absolute Gasteiger partial charge is 0.401 e. The predicted octanol–water partition coefficient (Wildman–Crippen LogP) is 1.71. The number of hydrogen-bond acceptors (Lipinski definition) is 3. The van der Waals surface area contributed by atoms with E-state index in [1.54, 1.807) is 6.20 Å². The molecule has 1 aromatic heterocycles. The Labute approximate surface area is 146 Å². The molecule has 1 aliphatic heterocycles. The molecule has 1 aromatic rings. The number of halogens is 3. The van der Waals surface area contributed by atoms with Gasteiger partial charge < -0.3 is 10.6 Å². The van der Waals surface area contributed by atoms with E-state index in [0.29, 0.717) is 19.6 Å². The molecule has 1 fully saturated rings. The van der Waals surface area contributed by atoms with Gasteiger partial charge in [0.1, 0.15) is 0 Å². The SMILES string of the molecule is CCNC(=NCC1CCN(CC(F)(F)F)C1)NCCCn1cccn1. The normalized spacial score (nSPS) is 19.4. The fourth-order valence-corrected chi connectivity index (χ4v) is 2.90. The van der Waals surface area contributed by atoms with E-state index in [1.807, 2.05) is 23.9 Å². The Morgan fingerprint density at radius 2 is 2.20 bits per heavy atom. The number of alkyl halides is 3. The first-order valence-corrected chi connectivity index (χ1v) is 8.75. The summed E-state index contributed by atoms with van der Waals surface area (Å²) in [5.74, 6) is 0.902. The third kappa shape index (κ3) is 7.76. The van der Waals surface area contributed by atoms with Crippen LogP contribution in [-0.2, 0) is 6.54 Å². The van der Waals surface area contributed by atoms with Gasteiger partial charge in [-0.25, -0.2) is 0 Å². The Morgan fingerprint density at radius 3 is 2.88 bits per heavy atom. The van der Waals surface area contributed by atoms with E-state index in [-0.39, 0.29) is 5.92 Å². The summed E-state index contributed by atoms with van der Waals surface area (Å²) in [7, 11) is 0. The molecule has 1 unspecified atom stereocenters. The number of aryl methyl sites for hydroxylation is 1. The van der Waals surface area contributed by atoms with Crippen LogP contribution < -0.4 is 10.6 Å². The van der Waals surface area contributed by atoms with Crippen LogP contribution in [0.2, 0.25) is 0 Å². The Kier molecular flexibility index (Phi) is 7.54. The van der Waals surface area contributed by atoms with Crippen LogP contribution in [-0.4, -0.2) is 66.1 Å². The summed E-state index contributed by atoms with van der Waals surface area (Å²) in [6, 6.07) is 1.89. The van der Waals surface area contributed by atoms with Crippen molar-refractivity contribution in [2.45, 2.75) is 32.5 Å². The van der Waals surface area contributed by atoms with Gasteiger partial charge in [-0.2, -0.15) is 18.3 Å². The van der Waals surface area contributed by atoms with Gasteiger partial charge in [0.15, 0.2) is 5.96 Å². The van der Waals surface area contributed by atoms with Gasteiger partial charge in [0.25, 0.3) is 0 Å². The van der Waals surface area contributed by atoms with Crippen molar-refractivity contribution in [1.82, 2.24) is 25.3 Å². The van der Waals surface area contributed by atoms with Crippen LogP contribution in [0, 0.1) is 5.92 Å². The van der Waals surface area contributed by atoms with Crippen LogP contribution in [0.5, 0.6) is 0 Å². The maximum Gasteiger partial charge on any atom is 0.401 e. The molecule has 1 atom stereocenters. The van der Waals surface area contributed by atoms with E-state index in [0.717, 1.165) is 38.4 Å². The second kappa shape index (κ2) is 9.65. The van der Waals surface area contributed by atoms with Crippen molar-refractivity contribution < 1.29 is 13.2 Å². The fourth-order valence-electron chi connectivity index (χ4n) is 2.90. The molecule has 0 bridgehead atoms. The number of nitrogens with zero attached hydrogens (tertiary/aromatic N) is 4. The first-order chi connectivity index (χ1) is 12.0. The Morgan fingerprint density at radius 1 is 1.36 bits per heavy atom. The quantitative estimate of drug-likeness (QED) is 0.421. The van der Waals surface area contributed by atoms with E-state index < -0.39 is 12.7 Å². The summed E-state index contributed by atoms with van der Waals surface area (Å²) in [5, 5.41) is 10.6. The van der Waals surface area contributed by atoms with E-state index in [1.165, 1.54) is 4.90 Å². The first kappa shape index (κ1) is 19.6. The summed E-state index contributed by atoms with van der Waals surface area (Å²) in [6.45, 7) is 5.00. The molecule has 6 nitrogen and oxygen atoms in total. The fraction of sp³-hybridized carbons (Fsp3) is 0.750. The second-order valence-electron chi connectivity index (χ2n) is 6.27. The van der Waals surface area contributed by atoms with Gasteiger partial charge in [0, 0.05) is 45.1 Å². The zero-order valence-corrected chi connectivity index (χ0v) is 14.6. The Bertz CT molecular complexity index is 514. The molecule has 0 aliphatic carbocycles. The van der Waals surface area contributed by atoms with Crippen molar-refractivity contribution in [3.05, 3.63) is 18.5 Å². The van der Waals surface area contributed by atoms with Gasteiger partial charge in [-0.1, -0.05) is 0 Å². The molecular formula is C16H27F3N6. The van der Waals surface area contributed by atoms with Gasteiger partial charge >= 0.3 is 6.18 Å². The van der Waals surface area contributed by atoms with Gasteiger partial charge in [-0.15, -0.1) is 0 Å². The number of guanidine groups is 1. The standard InChI is InChI=1S/C16H27F3N6/c1-2-20-15(21-6-3-8-25-9-4-7-23-25)22-11-14-5-10-24(12-14)13-16(17,18)19/h4,7,9,14H,2-3,5-6,8,10-13H2,1H3,(H2,20,21,22). The van der Waals surface area contributed by atoms with E-state index in [4.69, 9.17) is 0 Å². The summed E-state index contributed by atoms with van der Waals surface area (Å²) >= 11 is 0. The van der Waals surface area contributed by atoms with Crippen molar-refractivity contribution in [2.24, 2.45) is 10.9 Å². The van der Waals surface area contributed by atoms with Crippen molar-refractivity contribution in [3.8, 4) is 0 Å². The third-order valence-electron chi connectivity index (χ3n) is 4.04. The lowest BCUT2D eigenvalue weighted by Gasteiger charge is -2.17. The molecular weight excluding hydrogens is 333 g/mol. The van der Waals surface area contributed by atoms with Gasteiger partial charge in [-0.05, 0) is 38.3 Å². The predicted molar refractivity (Wildman–Crippen MR) is 91.4 cm³/mol. The number of likely N-dealkylation sites (tertiary alicyclic amines) is 1. The lowest BCUT2D eigenvalue weighted by molar-refractivity contribution is -0.143. The zero-order chi connectivity index (χ0) is 18.1. The number of aromatic nitrogens is 2. The molecule has 0 saturated carbocycles. The van der Waals surface area contributed by atoms with Crippen LogP contribution in [0.25, 0.3) is 0 Å². The molecule has 0 spiro atoms. The van der Waals surface area contributed by atoms with Crippen molar-refractivity contribution in [2.75, 3.05) is 39.3 Å². The minimum absolute atomic E-state index is 0.182. The molecule has 9 heteroatoms. The third-order valence-corrected chi connectivity index (χ3v) is 4.04. The Balaban J connectivity index is 1.70. The molecule has 2 rings (SSSR count). The molecule has 25 heavy (non-hydrogen) atoms. The molecule has 2 heterocycles. The lowest BCUT2D eigenvalue weighted by atomic mass is 10.1. The number of hydrogen-bond donors (Lipinski definition) is 2. The topological polar surface area (TPSA) is 57.5 Å². The lowest BCUT2D eigenvalue weighted by Crippen LogP contribution is -2.38. The smallest absolute Gasteiger partial charge is 0.357 e. The molecule has 1 saturated heterocycles. The van der Waals surface area contributed by atoms with Crippen LogP contribution in [0.3, 0.4) is 0 Å². The van der Waals surface area contributed by atoms with Crippen molar-refractivity contribution in [3.63, 3.8) is 0 Å². The molecule has 1 aliphatic rings. The number of aliphatic imine (C=N–C) groups is 1. The maximum atomic E-state index is 12.4. The molecule has 2 N–H and O–H groups in total. The average molecular weight is 360 g/mol. The number of nitrogens with one attached hydrogen (secondary N) is 2. The van der Waals surface area contributed by atoms with Gasteiger partial charge in [-0.3, -0.25) is 14.6 Å². The second-order valence-corrected chi connectivity index (χ2v) is 6.27. The maximum absolute atomic E-state index is 12.4. The summed E-state index contributed by atoms with van der Waals surface area (Å²) in [4.78, 5) is 5.99. The molecule has 142 valence electrons. The monoisotopic (exact) mass is 360 g/mol. The summed E-state index contributed by atoms with van der Waals surface area (Å²) < 4.78 is 39.2. The highest BCUT2D eigenvalue weighted by molar-refractivity contribution is 5.79. The molecule has 0 amide bonds. The van der Waals surface area contributed by atoms with Crippen LogP contribution in [0.4, 0.5) is 13.2 Å². The van der Waals surface area contributed by atoms with Gasteiger partial charge in [0.05, 0.1) is 6.54 Å². The summed E-state index contributed by atoms with van der Waals surface area (Å²) in [6.07, 6.45) is 1.23. The first-order valence-electron chi connectivity index (χ1n) is 8.75. The highest BCUT2D eigenvalue weighted by Gasteiger charge is 2.34. The van der Waals surface area contributed by atoms with E-state index in [9.17, 15) is 13.2 Å². The van der Waals surface area contributed by atoms with Crippen LogP contribution in [0.15, 0.2) is 23.5 Å². The Hall–Kier alpha value is -1.77. The number of rotatable bonds is 8. The van der Waals surface area contributed by atoms with E-state index in [2.05, 4.69) is 20.7 Å². The highest BCUT2D eigenvalue weighted by Crippen LogP contribution is 2.22. The minimum atomic E-state index is -4.12. The highest BCUT2D eigenvalue weighted by atomic mass is 19.4. The van der Waals surface area contributed by atoms with Gasteiger partial charge in [0.2, 0.25) is 0 Å². The molecule has 0 radical (unpaired) electrons. The van der Waals surface area contributed by atoms with Crippen molar-refractivity contribution >= 4 is 5.96 Å². The minimum Gasteiger partial charge on any atom is -0.357 e. The van der Waals surface area contributed by atoms with Crippen molar-refractivity contribution in [1.29, 1.82) is 0 Å². The summed E-state index contributed by atoms with van der Waals surface area (Å²) in [5.41, 5.74) is 0. The van der Waals surface area contributed by atoms with Crippen LogP contribution >= 0.6 is 0 Å².